The lowest BCUT2D eigenvalue weighted by atomic mass is 10.1. The Morgan fingerprint density at radius 2 is 1.87 bits per heavy atom. The number of benzene rings is 2. The van der Waals surface area contributed by atoms with Gasteiger partial charge in [-0.15, -0.1) is 0 Å². The Labute approximate surface area is 194 Å². The normalized spacial score (nSPS) is 19.5. The predicted molar refractivity (Wildman–Crippen MR) is 121 cm³/mol. The first kappa shape index (κ1) is 13.5. The van der Waals surface area contributed by atoms with E-state index in [0.717, 1.165) is 12.8 Å². The molecular weight excluding hydrogens is 378 g/mol. The van der Waals surface area contributed by atoms with Crippen molar-refractivity contribution in [3.05, 3.63) is 65.1 Å². The predicted octanol–water partition coefficient (Wildman–Crippen LogP) is 4.11. The molecule has 30 heavy (non-hydrogen) atoms. The number of phenols is 1. The minimum absolute atomic E-state index is 0.0419. The van der Waals surface area contributed by atoms with Crippen LogP contribution in [0, 0.1) is 0 Å². The fourth-order valence-corrected chi connectivity index (χ4v) is 2.65. The van der Waals surface area contributed by atoms with E-state index in [-0.39, 0.29) is 25.9 Å². The molecule has 5 heteroatoms. The van der Waals surface area contributed by atoms with Gasteiger partial charge in [-0.1, -0.05) is 49.2 Å². The molecule has 4 N–H and O–H groups in total. The summed E-state index contributed by atoms with van der Waals surface area (Å²) in [4.78, 5) is 0. The molecule has 0 bridgehead atoms. The van der Waals surface area contributed by atoms with Crippen molar-refractivity contribution >= 4 is 0 Å². The molecule has 0 aliphatic rings. The van der Waals surface area contributed by atoms with Crippen LogP contribution in [0.4, 0.5) is 0 Å². The highest BCUT2D eigenvalue weighted by atomic mass is 16.5. The minimum atomic E-state index is -3.30. The van der Waals surface area contributed by atoms with Gasteiger partial charge in [-0.2, -0.15) is 0 Å². The molecule has 0 aromatic heterocycles. The number of nitrogens with one attached hydrogen (secondary N) is 1. The maximum atomic E-state index is 10.6. The first-order chi connectivity index (χ1) is 18.4. The van der Waals surface area contributed by atoms with Gasteiger partial charge in [0.05, 0.1) is 23.6 Å². The summed E-state index contributed by atoms with van der Waals surface area (Å²) in [6.45, 7) is -7.90. The van der Waals surface area contributed by atoms with E-state index >= 15 is 0 Å². The van der Waals surface area contributed by atoms with E-state index in [1.54, 1.807) is 0 Å². The first-order valence-corrected chi connectivity index (χ1v) is 10.1. The molecule has 5 nitrogen and oxygen atoms in total. The Morgan fingerprint density at radius 1 is 1.07 bits per heavy atom. The second kappa shape index (κ2) is 15.0. The summed E-state index contributed by atoms with van der Waals surface area (Å²) in [5.41, 5.74) is -0.745. The maximum Gasteiger partial charge on any atom is 0.121 e. The van der Waals surface area contributed by atoms with Crippen LogP contribution in [0.3, 0.4) is 0 Å². The van der Waals surface area contributed by atoms with Crippen molar-refractivity contribution in [1.29, 1.82) is 0 Å². The van der Waals surface area contributed by atoms with Crippen LogP contribution in [0.1, 0.15) is 75.0 Å². The van der Waals surface area contributed by atoms with Gasteiger partial charge in [-0.25, -0.2) is 0 Å². The van der Waals surface area contributed by atoms with Gasteiger partial charge < -0.3 is 25.4 Å². The highest BCUT2D eigenvalue weighted by molar-refractivity contribution is 5.36. The average Bonchev–Trinajstić information content (AvgIpc) is 2.84. The molecule has 0 fully saturated rings. The van der Waals surface area contributed by atoms with Crippen molar-refractivity contribution in [1.82, 2.24) is 5.32 Å². The smallest absolute Gasteiger partial charge is 0.121 e. The molecule has 2 aromatic rings. The zero-order valence-electron chi connectivity index (χ0n) is 27.0. The zero-order valence-corrected chi connectivity index (χ0v) is 17.0. The van der Waals surface area contributed by atoms with Crippen molar-refractivity contribution < 1.29 is 33.8 Å². The van der Waals surface area contributed by atoms with Crippen molar-refractivity contribution in [3.8, 4) is 5.75 Å². The standard InChI is InChI=1S/C25H37NO4/c27-20-23-18-22(13-14-24(23)28)25(29)19-26-15-7-1-2-8-16-30-17-9-6-12-21-10-4-3-5-11-21/h3-5,10-11,13-14,18,25-29H,1-2,6-9,12,15-17,19-20H2/i13D,14D,15D2,16D2,18D,20D2,25D. The van der Waals surface area contributed by atoms with Crippen LogP contribution < -0.4 is 5.32 Å². The third-order valence-corrected chi connectivity index (χ3v) is 4.31. The number of aliphatic hydroxyl groups is 2. The third-order valence-electron chi connectivity index (χ3n) is 4.31. The molecule has 0 amide bonds. The summed E-state index contributed by atoms with van der Waals surface area (Å²) in [6, 6.07) is 6.97. The molecule has 166 valence electrons. The number of hydrogen-bond acceptors (Lipinski definition) is 5. The zero-order chi connectivity index (χ0) is 30.4. The van der Waals surface area contributed by atoms with E-state index in [1.165, 1.54) is 5.56 Å². The minimum Gasteiger partial charge on any atom is -0.508 e. The summed E-state index contributed by atoms with van der Waals surface area (Å²) in [7, 11) is 0. The molecular formula is C25H37NO4. The Kier molecular flexibility index (Phi) is 6.73. The van der Waals surface area contributed by atoms with Gasteiger partial charge in [0.1, 0.15) is 5.75 Å². The van der Waals surface area contributed by atoms with Crippen LogP contribution in [0.5, 0.6) is 5.75 Å². The number of aryl methyl sites for hydroxylation is 1. The first-order valence-electron chi connectivity index (χ1n) is 15.1. The van der Waals surface area contributed by atoms with E-state index in [2.05, 4.69) is 5.32 Å². The molecule has 0 saturated carbocycles. The van der Waals surface area contributed by atoms with E-state index in [4.69, 9.17) is 18.4 Å². The number of rotatable bonds is 16. The van der Waals surface area contributed by atoms with Crippen LogP contribution in [-0.4, -0.2) is 41.5 Å². The summed E-state index contributed by atoms with van der Waals surface area (Å²) >= 11 is 0. The van der Waals surface area contributed by atoms with Crippen LogP contribution in [0.2, 0.25) is 0 Å². The average molecular weight is 426 g/mol. The molecule has 2 rings (SSSR count). The number of ether oxygens (including phenoxy) is 1. The molecule has 0 aliphatic heterocycles. The van der Waals surface area contributed by atoms with Gasteiger partial charge in [0.15, 0.2) is 0 Å². The Hall–Kier alpha value is -1.92. The lowest BCUT2D eigenvalue weighted by molar-refractivity contribution is 0.126. The quantitative estimate of drug-likeness (QED) is 0.304. The topological polar surface area (TPSA) is 82.0 Å². The molecule has 0 spiro atoms. The van der Waals surface area contributed by atoms with Gasteiger partial charge in [0, 0.05) is 28.0 Å². The van der Waals surface area contributed by atoms with Gasteiger partial charge in [0.25, 0.3) is 0 Å². The summed E-state index contributed by atoms with van der Waals surface area (Å²) in [6.07, 6.45) is 0.0175. The Balaban J connectivity index is 1.85. The van der Waals surface area contributed by atoms with E-state index in [0.29, 0.717) is 12.8 Å². The second-order valence-corrected chi connectivity index (χ2v) is 6.71. The maximum absolute atomic E-state index is 10.6. The summed E-state index contributed by atoms with van der Waals surface area (Å²) in [5, 5.41) is 32.6. The van der Waals surface area contributed by atoms with E-state index in [9.17, 15) is 15.3 Å². The fourth-order valence-electron chi connectivity index (χ4n) is 2.65. The third kappa shape index (κ3) is 9.72. The molecule has 1 unspecified atom stereocenters. The monoisotopic (exact) mass is 425 g/mol. The molecule has 0 heterocycles. The van der Waals surface area contributed by atoms with Gasteiger partial charge in [-0.05, 0) is 61.8 Å². The number of aromatic hydroxyl groups is 1. The van der Waals surface area contributed by atoms with Crippen LogP contribution >= 0.6 is 0 Å². The van der Waals surface area contributed by atoms with E-state index in [1.807, 2.05) is 30.3 Å². The van der Waals surface area contributed by atoms with Crippen molar-refractivity contribution in [2.45, 2.75) is 57.6 Å². The van der Waals surface area contributed by atoms with Gasteiger partial charge >= 0.3 is 0 Å². The van der Waals surface area contributed by atoms with Crippen molar-refractivity contribution in [3.63, 3.8) is 0 Å². The van der Waals surface area contributed by atoms with Crippen LogP contribution in [-0.2, 0) is 17.7 Å². The van der Waals surface area contributed by atoms with Gasteiger partial charge in [0.2, 0.25) is 0 Å². The second-order valence-electron chi connectivity index (χ2n) is 6.71. The fraction of sp³-hybridized carbons (Fsp3) is 0.520. The van der Waals surface area contributed by atoms with Crippen molar-refractivity contribution in [2.24, 2.45) is 0 Å². The Morgan fingerprint density at radius 3 is 2.67 bits per heavy atom. The largest absolute Gasteiger partial charge is 0.508 e. The summed E-state index contributed by atoms with van der Waals surface area (Å²) < 4.78 is 84.4. The van der Waals surface area contributed by atoms with E-state index < -0.39 is 67.2 Å². The van der Waals surface area contributed by atoms with Crippen LogP contribution in [0.15, 0.2) is 48.5 Å². The van der Waals surface area contributed by atoms with Gasteiger partial charge in [-0.3, -0.25) is 0 Å². The SMILES string of the molecule is [2H]c1c([2H])c(C([2H])(O)CNC([2H])([2H])CCCCC([2H])([2H])OCCCCc2ccccc2)c([2H])c(C([2H])([2H])O)c1O. The lowest BCUT2D eigenvalue weighted by Gasteiger charge is -2.14. The van der Waals surface area contributed by atoms with Crippen molar-refractivity contribution in [2.75, 3.05) is 26.2 Å². The molecule has 2 aromatic carbocycles. The highest BCUT2D eigenvalue weighted by Crippen LogP contribution is 2.22. The highest BCUT2D eigenvalue weighted by Gasteiger charge is 2.09. The number of unbranched alkanes of at least 4 members (excludes halogenated alkanes) is 2. The Bertz CT molecular complexity index is 1110. The lowest BCUT2D eigenvalue weighted by Crippen LogP contribution is -2.22. The molecule has 0 radical (unpaired) electrons. The number of hydrogen-bond donors (Lipinski definition) is 4. The molecule has 0 saturated heterocycles. The van der Waals surface area contributed by atoms with Crippen LogP contribution in [0.25, 0.3) is 0 Å². The molecule has 1 atom stereocenters. The molecule has 0 aliphatic carbocycles. The summed E-state index contributed by atoms with van der Waals surface area (Å²) in [5.74, 6) is -1.17.